The molecule has 168 valence electrons. The third kappa shape index (κ3) is 3.88. The number of nitrogens with zero attached hydrogens (tertiary/aromatic N) is 2. The van der Waals surface area contributed by atoms with Crippen LogP contribution in [-0.4, -0.2) is 60.5 Å². The monoisotopic (exact) mass is 437 g/mol. The molecule has 2 aliphatic rings. The van der Waals surface area contributed by atoms with Crippen molar-refractivity contribution in [3.05, 3.63) is 59.2 Å². The van der Waals surface area contributed by atoms with Crippen LogP contribution in [0.4, 0.5) is 4.79 Å². The topological polar surface area (TPSA) is 88.2 Å². The molecule has 2 heterocycles. The molecular weight excluding hydrogens is 410 g/mol. The predicted molar refractivity (Wildman–Crippen MR) is 118 cm³/mol. The molecule has 2 fully saturated rings. The normalized spacial score (nSPS) is 20.5. The van der Waals surface area contributed by atoms with E-state index in [1.807, 2.05) is 31.2 Å². The van der Waals surface area contributed by atoms with Gasteiger partial charge in [-0.2, -0.15) is 0 Å². The summed E-state index contributed by atoms with van der Waals surface area (Å²) in [5.41, 5.74) is 1.34. The smallest absolute Gasteiger partial charge is 0.325 e. The summed E-state index contributed by atoms with van der Waals surface area (Å²) in [5, 5.41) is 2.88. The van der Waals surface area contributed by atoms with E-state index in [1.165, 1.54) is 19.1 Å². The summed E-state index contributed by atoms with van der Waals surface area (Å²) in [4.78, 5) is 42.1. The molecule has 0 aromatic heterocycles. The number of carbonyl (C=O) groups excluding carboxylic acids is 3. The van der Waals surface area contributed by atoms with Gasteiger partial charge in [-0.1, -0.05) is 29.8 Å². The van der Waals surface area contributed by atoms with Gasteiger partial charge in [-0.15, -0.1) is 0 Å². The zero-order valence-corrected chi connectivity index (χ0v) is 18.5. The minimum absolute atomic E-state index is 0.134. The molecule has 8 nitrogen and oxygen atoms in total. The maximum Gasteiger partial charge on any atom is 0.325 e. The second kappa shape index (κ2) is 8.53. The van der Waals surface area contributed by atoms with Gasteiger partial charge in [-0.25, -0.2) is 4.79 Å². The fourth-order valence-corrected chi connectivity index (χ4v) is 4.35. The predicted octanol–water partition coefficient (Wildman–Crippen LogP) is 2.74. The number of nitrogens with one attached hydrogen (secondary N) is 1. The van der Waals surface area contributed by atoms with Crippen LogP contribution in [0.1, 0.15) is 34.3 Å². The summed E-state index contributed by atoms with van der Waals surface area (Å²) in [6.45, 7) is 2.83. The summed E-state index contributed by atoms with van der Waals surface area (Å²) < 4.78 is 10.5. The number of likely N-dealkylation sites (tertiary alicyclic amines) is 1. The van der Waals surface area contributed by atoms with Crippen LogP contribution >= 0.6 is 0 Å². The van der Waals surface area contributed by atoms with Crippen LogP contribution in [0.15, 0.2) is 42.5 Å². The lowest BCUT2D eigenvalue weighted by atomic mass is 9.88. The van der Waals surface area contributed by atoms with Gasteiger partial charge >= 0.3 is 6.03 Å². The molecule has 4 amide bonds. The van der Waals surface area contributed by atoms with E-state index < -0.39 is 11.6 Å². The van der Waals surface area contributed by atoms with Crippen molar-refractivity contribution in [1.29, 1.82) is 0 Å². The van der Waals surface area contributed by atoms with E-state index in [4.69, 9.17) is 9.47 Å². The summed E-state index contributed by atoms with van der Waals surface area (Å²) >= 11 is 0. The number of imide groups is 1. The minimum Gasteiger partial charge on any atom is -0.493 e. The number of hydrogen-bond acceptors (Lipinski definition) is 5. The highest BCUT2D eigenvalue weighted by atomic mass is 16.5. The molecule has 1 spiro atoms. The molecule has 0 aliphatic carbocycles. The van der Waals surface area contributed by atoms with Gasteiger partial charge in [-0.3, -0.25) is 14.5 Å². The van der Waals surface area contributed by atoms with E-state index in [1.54, 1.807) is 23.1 Å². The molecule has 0 saturated carbocycles. The van der Waals surface area contributed by atoms with E-state index in [2.05, 4.69) is 5.32 Å². The number of carbonyl (C=O) groups is 3. The Labute approximate surface area is 187 Å². The molecule has 0 bridgehead atoms. The van der Waals surface area contributed by atoms with Crippen molar-refractivity contribution in [3.63, 3.8) is 0 Å². The van der Waals surface area contributed by atoms with E-state index in [-0.39, 0.29) is 24.9 Å². The lowest BCUT2D eigenvalue weighted by Crippen LogP contribution is -2.59. The Morgan fingerprint density at radius 3 is 2.47 bits per heavy atom. The van der Waals surface area contributed by atoms with E-state index >= 15 is 0 Å². The molecule has 0 unspecified atom stereocenters. The Bertz CT molecular complexity index is 1050. The molecule has 1 N–H and O–H groups in total. The van der Waals surface area contributed by atoms with Crippen molar-refractivity contribution in [2.24, 2.45) is 0 Å². The first-order valence-corrected chi connectivity index (χ1v) is 10.6. The van der Waals surface area contributed by atoms with Crippen LogP contribution < -0.4 is 14.8 Å². The Balaban J connectivity index is 1.52. The Morgan fingerprint density at radius 1 is 1.06 bits per heavy atom. The average molecular weight is 437 g/mol. The maximum absolute atomic E-state index is 13.3. The van der Waals surface area contributed by atoms with Crippen molar-refractivity contribution in [3.8, 4) is 11.5 Å². The average Bonchev–Trinajstić information content (AvgIpc) is 3.03. The van der Waals surface area contributed by atoms with Crippen LogP contribution in [0.5, 0.6) is 11.5 Å². The van der Waals surface area contributed by atoms with Crippen LogP contribution in [0.25, 0.3) is 0 Å². The van der Waals surface area contributed by atoms with Crippen molar-refractivity contribution in [2.45, 2.75) is 31.8 Å². The largest absolute Gasteiger partial charge is 0.493 e. The summed E-state index contributed by atoms with van der Waals surface area (Å²) in [6, 6.07) is 12.3. The van der Waals surface area contributed by atoms with Gasteiger partial charge in [0.05, 0.1) is 27.3 Å². The molecule has 0 radical (unpaired) electrons. The molecular formula is C24H27N3O5. The van der Waals surface area contributed by atoms with Gasteiger partial charge in [0.2, 0.25) is 0 Å². The molecule has 8 heteroatoms. The first kappa shape index (κ1) is 21.7. The maximum atomic E-state index is 13.3. The van der Waals surface area contributed by atoms with E-state index in [0.717, 1.165) is 11.1 Å². The van der Waals surface area contributed by atoms with Crippen LogP contribution in [0.3, 0.4) is 0 Å². The highest BCUT2D eigenvalue weighted by Gasteiger charge is 2.53. The van der Waals surface area contributed by atoms with Crippen molar-refractivity contribution < 1.29 is 23.9 Å². The van der Waals surface area contributed by atoms with Crippen LogP contribution in [0, 0.1) is 6.92 Å². The fraction of sp³-hybridized carbons (Fsp3) is 0.375. The number of methoxy groups -OCH3 is 2. The SMILES string of the molecule is COc1ccc(C(=O)N2CCC[C@@]3(C2)NC(=O)N(Cc2ccc(C)cc2)C3=O)cc1OC. The number of aryl methyl sites for hydroxylation is 1. The summed E-state index contributed by atoms with van der Waals surface area (Å²) in [5.74, 6) is 0.487. The summed E-state index contributed by atoms with van der Waals surface area (Å²) in [6.07, 6.45) is 1.11. The third-order valence-corrected chi connectivity index (χ3v) is 6.12. The molecule has 1 atom stereocenters. The molecule has 2 saturated heterocycles. The number of piperidine rings is 1. The van der Waals surface area contributed by atoms with E-state index in [9.17, 15) is 14.4 Å². The van der Waals surface area contributed by atoms with Crippen molar-refractivity contribution >= 4 is 17.8 Å². The van der Waals surface area contributed by atoms with Gasteiger partial charge < -0.3 is 19.7 Å². The molecule has 32 heavy (non-hydrogen) atoms. The van der Waals surface area contributed by atoms with Crippen LogP contribution in [0.2, 0.25) is 0 Å². The molecule has 4 rings (SSSR count). The second-order valence-corrected chi connectivity index (χ2v) is 8.29. The quantitative estimate of drug-likeness (QED) is 0.727. The Morgan fingerprint density at radius 2 is 1.78 bits per heavy atom. The Hall–Kier alpha value is -3.55. The van der Waals surface area contributed by atoms with Crippen molar-refractivity contribution in [1.82, 2.24) is 15.1 Å². The first-order valence-electron chi connectivity index (χ1n) is 10.6. The van der Waals surface area contributed by atoms with E-state index in [0.29, 0.717) is 36.4 Å². The lowest BCUT2D eigenvalue weighted by molar-refractivity contribution is -0.133. The molecule has 2 aromatic carbocycles. The zero-order chi connectivity index (χ0) is 22.9. The highest BCUT2D eigenvalue weighted by molar-refractivity contribution is 6.07. The van der Waals surface area contributed by atoms with Gasteiger partial charge in [0.1, 0.15) is 5.54 Å². The van der Waals surface area contributed by atoms with Crippen LogP contribution in [-0.2, 0) is 11.3 Å². The standard InChI is InChI=1S/C24H27N3O5/c1-16-5-7-17(8-6-16)14-27-22(29)24(25-23(27)30)11-4-12-26(15-24)21(28)18-9-10-19(31-2)20(13-18)32-3/h5-10,13H,4,11-12,14-15H2,1-3H3,(H,25,30)/t24-/m0/s1. The number of ether oxygens (including phenoxy) is 2. The highest BCUT2D eigenvalue weighted by Crippen LogP contribution is 2.32. The van der Waals surface area contributed by atoms with Gasteiger partial charge in [0.15, 0.2) is 11.5 Å². The van der Waals surface area contributed by atoms with Gasteiger partial charge in [-0.05, 0) is 43.5 Å². The number of amides is 4. The third-order valence-electron chi connectivity index (χ3n) is 6.12. The number of benzene rings is 2. The summed E-state index contributed by atoms with van der Waals surface area (Å²) in [7, 11) is 3.04. The Kier molecular flexibility index (Phi) is 5.78. The number of urea groups is 1. The lowest BCUT2D eigenvalue weighted by Gasteiger charge is -2.38. The zero-order valence-electron chi connectivity index (χ0n) is 18.5. The number of hydrogen-bond donors (Lipinski definition) is 1. The molecule has 2 aromatic rings. The second-order valence-electron chi connectivity index (χ2n) is 8.29. The van der Waals surface area contributed by atoms with Gasteiger partial charge in [0.25, 0.3) is 11.8 Å². The first-order chi connectivity index (χ1) is 15.4. The minimum atomic E-state index is -1.09. The van der Waals surface area contributed by atoms with Gasteiger partial charge in [0, 0.05) is 12.1 Å². The van der Waals surface area contributed by atoms with Crippen molar-refractivity contribution in [2.75, 3.05) is 27.3 Å². The fourth-order valence-electron chi connectivity index (χ4n) is 4.35. The number of rotatable bonds is 5. The molecule has 2 aliphatic heterocycles.